The Kier molecular flexibility index (Phi) is 5.10. The normalized spacial score (nSPS) is 12.2. The van der Waals surface area contributed by atoms with Crippen molar-refractivity contribution in [1.29, 1.82) is 0 Å². The zero-order valence-corrected chi connectivity index (χ0v) is 12.8. The van der Waals surface area contributed by atoms with E-state index < -0.39 is 0 Å². The van der Waals surface area contributed by atoms with Gasteiger partial charge in [-0.05, 0) is 29.5 Å². The van der Waals surface area contributed by atoms with Gasteiger partial charge in [-0.1, -0.05) is 80.6 Å². The fourth-order valence-corrected chi connectivity index (χ4v) is 2.85. The van der Waals surface area contributed by atoms with Gasteiger partial charge in [-0.25, -0.2) is 0 Å². The molecule has 0 aromatic heterocycles. The summed E-state index contributed by atoms with van der Waals surface area (Å²) in [5.74, 6) is 0. The summed E-state index contributed by atoms with van der Waals surface area (Å²) in [5.41, 5.74) is 3.07. The molecule has 1 heteroatoms. The summed E-state index contributed by atoms with van der Waals surface area (Å²) in [6, 6.07) is 20.9. The molecule has 0 amide bonds. The minimum absolute atomic E-state index is 0.241. The Balaban J connectivity index is 2.68. The van der Waals surface area contributed by atoms with Crippen LogP contribution in [0, 0.1) is 0 Å². The largest absolute Gasteiger partial charge is 0.298 e. The predicted octanol–water partition coefficient (Wildman–Crippen LogP) is 4.92. The van der Waals surface area contributed by atoms with Crippen LogP contribution in [0.25, 0.3) is 0 Å². The predicted molar refractivity (Wildman–Crippen MR) is 88.4 cm³/mol. The number of benzene rings is 2. The van der Waals surface area contributed by atoms with Gasteiger partial charge in [0.25, 0.3) is 0 Å². The van der Waals surface area contributed by atoms with Crippen LogP contribution < -0.4 is 0 Å². The molecule has 2 rings (SSSR count). The van der Waals surface area contributed by atoms with Crippen LogP contribution in [-0.4, -0.2) is 6.29 Å². The Morgan fingerprint density at radius 3 is 1.71 bits per heavy atom. The van der Waals surface area contributed by atoms with Crippen molar-refractivity contribution in [3.05, 3.63) is 83.4 Å². The molecule has 0 N–H and O–H groups in total. The lowest BCUT2D eigenvalue weighted by atomic mass is 9.71. The fraction of sp³-hybridized carbons (Fsp3) is 0.250. The molecular weight excluding hydrogens is 256 g/mol. The van der Waals surface area contributed by atoms with Crippen LogP contribution in [0.2, 0.25) is 0 Å². The summed E-state index contributed by atoms with van der Waals surface area (Å²) >= 11 is 0. The summed E-state index contributed by atoms with van der Waals surface area (Å²) in [5, 5.41) is 0. The molecule has 0 aliphatic heterocycles. The maximum Gasteiger partial charge on any atom is 0.145 e. The number of hydrogen-bond acceptors (Lipinski definition) is 1. The second-order valence-electron chi connectivity index (χ2n) is 5.25. The molecule has 0 atom stereocenters. The van der Waals surface area contributed by atoms with Gasteiger partial charge in [0.05, 0.1) is 0 Å². The molecule has 0 radical (unpaired) electrons. The van der Waals surface area contributed by atoms with Gasteiger partial charge < -0.3 is 0 Å². The molecule has 2 aromatic carbocycles. The maximum atomic E-state index is 11.3. The molecule has 0 heterocycles. The van der Waals surface area contributed by atoms with Crippen molar-refractivity contribution in [2.45, 2.75) is 32.1 Å². The van der Waals surface area contributed by atoms with E-state index in [-0.39, 0.29) is 5.41 Å². The van der Waals surface area contributed by atoms with Crippen LogP contribution in [0.1, 0.15) is 37.8 Å². The van der Waals surface area contributed by atoms with Crippen molar-refractivity contribution in [3.63, 3.8) is 0 Å². The minimum atomic E-state index is -0.241. The molecule has 2 aromatic rings. The molecule has 0 saturated heterocycles. The molecule has 0 unspecified atom stereocenters. The molecule has 0 saturated carbocycles. The van der Waals surface area contributed by atoms with Crippen LogP contribution in [0.4, 0.5) is 0 Å². The molecule has 0 bridgehead atoms. The number of rotatable bonds is 6. The zero-order valence-electron chi connectivity index (χ0n) is 12.8. The topological polar surface area (TPSA) is 17.1 Å². The lowest BCUT2D eigenvalue weighted by Gasteiger charge is -2.32. The number of carbonyl (C=O) groups excluding carboxylic acids is 1. The Bertz CT molecular complexity index is 557. The first kappa shape index (κ1) is 15.2. The van der Waals surface area contributed by atoms with Gasteiger partial charge in [-0.3, -0.25) is 4.79 Å². The lowest BCUT2D eigenvalue weighted by molar-refractivity contribution is -0.105. The Hall–Kier alpha value is -2.15. The number of allylic oxidation sites excluding steroid dienone is 2. The Morgan fingerprint density at radius 1 is 0.905 bits per heavy atom. The second kappa shape index (κ2) is 7.03. The molecular formula is C20H22O. The van der Waals surface area contributed by atoms with Gasteiger partial charge in [0.1, 0.15) is 6.29 Å². The van der Waals surface area contributed by atoms with Gasteiger partial charge in [-0.2, -0.15) is 0 Å². The van der Waals surface area contributed by atoms with Crippen molar-refractivity contribution in [2.24, 2.45) is 0 Å². The molecule has 0 spiro atoms. The van der Waals surface area contributed by atoms with Crippen molar-refractivity contribution >= 4 is 6.29 Å². The highest BCUT2D eigenvalue weighted by atomic mass is 16.1. The summed E-state index contributed by atoms with van der Waals surface area (Å²) in [4.78, 5) is 11.3. The third-order valence-electron chi connectivity index (χ3n) is 4.13. The standard InChI is InChI=1S/C20H22O/c1-3-17(16-21)15-20(4-2,18-11-7-5-8-12-18)19-13-9-6-10-14-19/h5-16H,3-4H2,1-2H3/b17-15+. The molecule has 21 heavy (non-hydrogen) atoms. The number of aldehydes is 1. The Labute approximate surface area is 127 Å². The van der Waals surface area contributed by atoms with Gasteiger partial charge in [0.2, 0.25) is 0 Å². The van der Waals surface area contributed by atoms with E-state index in [1.165, 1.54) is 11.1 Å². The van der Waals surface area contributed by atoms with Crippen molar-refractivity contribution in [2.75, 3.05) is 0 Å². The van der Waals surface area contributed by atoms with Crippen LogP contribution in [-0.2, 0) is 10.2 Å². The van der Waals surface area contributed by atoms with E-state index in [1.54, 1.807) is 0 Å². The fourth-order valence-electron chi connectivity index (χ4n) is 2.85. The van der Waals surface area contributed by atoms with Crippen LogP contribution >= 0.6 is 0 Å². The molecule has 108 valence electrons. The van der Waals surface area contributed by atoms with E-state index in [4.69, 9.17) is 0 Å². The molecule has 0 aliphatic carbocycles. The van der Waals surface area contributed by atoms with E-state index in [0.717, 1.165) is 24.7 Å². The highest BCUT2D eigenvalue weighted by molar-refractivity contribution is 5.74. The first-order valence-electron chi connectivity index (χ1n) is 7.54. The van der Waals surface area contributed by atoms with Gasteiger partial charge in [0, 0.05) is 5.41 Å². The average molecular weight is 278 g/mol. The van der Waals surface area contributed by atoms with Gasteiger partial charge >= 0.3 is 0 Å². The van der Waals surface area contributed by atoms with Gasteiger partial charge in [0.15, 0.2) is 0 Å². The summed E-state index contributed by atoms with van der Waals surface area (Å²) in [6.07, 6.45) is 4.80. The minimum Gasteiger partial charge on any atom is -0.298 e. The SMILES string of the molecule is CC/C(C=O)=C\C(CC)(c1ccccc1)c1ccccc1. The van der Waals surface area contributed by atoms with Crippen molar-refractivity contribution < 1.29 is 4.79 Å². The molecule has 0 fully saturated rings. The molecule has 0 aliphatic rings. The molecule has 1 nitrogen and oxygen atoms in total. The Morgan fingerprint density at radius 2 is 1.38 bits per heavy atom. The van der Waals surface area contributed by atoms with E-state index in [2.05, 4.69) is 61.5 Å². The van der Waals surface area contributed by atoms with Crippen molar-refractivity contribution in [3.8, 4) is 0 Å². The zero-order chi connectivity index (χ0) is 15.1. The van der Waals surface area contributed by atoms with Crippen molar-refractivity contribution in [1.82, 2.24) is 0 Å². The van der Waals surface area contributed by atoms with E-state index in [0.29, 0.717) is 0 Å². The quantitative estimate of drug-likeness (QED) is 0.541. The first-order valence-corrected chi connectivity index (χ1v) is 7.54. The average Bonchev–Trinajstić information content (AvgIpc) is 2.58. The maximum absolute atomic E-state index is 11.3. The smallest absolute Gasteiger partial charge is 0.145 e. The van der Waals surface area contributed by atoms with Gasteiger partial charge in [-0.15, -0.1) is 0 Å². The third-order valence-corrected chi connectivity index (χ3v) is 4.13. The monoisotopic (exact) mass is 278 g/mol. The van der Waals surface area contributed by atoms with Crippen LogP contribution in [0.15, 0.2) is 72.3 Å². The highest BCUT2D eigenvalue weighted by Gasteiger charge is 2.30. The summed E-state index contributed by atoms with van der Waals surface area (Å²) in [6.45, 7) is 4.20. The second-order valence-corrected chi connectivity index (χ2v) is 5.25. The van der Waals surface area contributed by atoms with E-state index in [1.807, 2.05) is 19.1 Å². The van der Waals surface area contributed by atoms with E-state index >= 15 is 0 Å². The number of carbonyl (C=O) groups is 1. The van der Waals surface area contributed by atoms with Crippen LogP contribution in [0.5, 0.6) is 0 Å². The number of hydrogen-bond donors (Lipinski definition) is 0. The summed E-state index contributed by atoms with van der Waals surface area (Å²) in [7, 11) is 0. The third kappa shape index (κ3) is 3.13. The highest BCUT2D eigenvalue weighted by Crippen LogP contribution is 2.38. The summed E-state index contributed by atoms with van der Waals surface area (Å²) < 4.78 is 0. The van der Waals surface area contributed by atoms with Crippen LogP contribution in [0.3, 0.4) is 0 Å². The van der Waals surface area contributed by atoms with E-state index in [9.17, 15) is 4.79 Å². The first-order chi connectivity index (χ1) is 10.3. The lowest BCUT2D eigenvalue weighted by Crippen LogP contribution is -2.25.